The van der Waals surface area contributed by atoms with E-state index in [-0.39, 0.29) is 6.61 Å². The van der Waals surface area contributed by atoms with Gasteiger partial charge in [0.15, 0.2) is 0 Å². The molecule has 0 amide bonds. The fourth-order valence-corrected chi connectivity index (χ4v) is 1.97. The number of hydrogen-bond acceptors (Lipinski definition) is 3. The van der Waals surface area contributed by atoms with Gasteiger partial charge in [-0.2, -0.15) is 0 Å². The Morgan fingerprint density at radius 2 is 1.84 bits per heavy atom. The zero-order chi connectivity index (χ0) is 13.8. The number of rotatable bonds is 11. The highest BCUT2D eigenvalue weighted by Crippen LogP contribution is 2.20. The first kappa shape index (κ1) is 16.0. The van der Waals surface area contributed by atoms with Crippen molar-refractivity contribution in [3.8, 4) is 5.75 Å². The normalized spacial score (nSPS) is 10.6. The molecule has 0 aliphatic rings. The molecule has 0 saturated heterocycles. The summed E-state index contributed by atoms with van der Waals surface area (Å²) in [5, 5.41) is 8.60. The average Bonchev–Trinajstić information content (AvgIpc) is 2.45. The molecule has 3 nitrogen and oxygen atoms in total. The predicted octanol–water partition coefficient (Wildman–Crippen LogP) is 3.20. The first-order chi connectivity index (χ1) is 9.38. The molecule has 0 fully saturated rings. The number of unbranched alkanes of at least 4 members (excludes halogenated alkanes) is 3. The Kier molecular flexibility index (Phi) is 9.11. The largest absolute Gasteiger partial charge is 0.491 e. The number of benzene rings is 1. The Bertz CT molecular complexity index is 326. The number of aliphatic hydroxyl groups is 1. The van der Waals surface area contributed by atoms with E-state index in [0.717, 1.165) is 12.2 Å². The van der Waals surface area contributed by atoms with Crippen molar-refractivity contribution < 1.29 is 14.6 Å². The average molecular weight is 266 g/mol. The lowest BCUT2D eigenvalue weighted by atomic mass is 10.1. The molecule has 1 aromatic rings. The molecule has 0 aliphatic carbocycles. The van der Waals surface area contributed by atoms with Crippen LogP contribution in [0.3, 0.4) is 0 Å². The van der Waals surface area contributed by atoms with Gasteiger partial charge in [-0.3, -0.25) is 0 Å². The second-order valence-electron chi connectivity index (χ2n) is 4.60. The number of hydrogen-bond donors (Lipinski definition) is 1. The smallest absolute Gasteiger partial charge is 0.122 e. The van der Waals surface area contributed by atoms with Gasteiger partial charge in [0.1, 0.15) is 12.4 Å². The quantitative estimate of drug-likeness (QED) is 0.625. The summed E-state index contributed by atoms with van der Waals surface area (Å²) in [6.07, 6.45) is 6.14. The van der Waals surface area contributed by atoms with E-state index in [9.17, 15) is 0 Å². The minimum absolute atomic E-state index is 0.0635. The molecule has 0 aliphatic heterocycles. The Hall–Kier alpha value is -1.06. The molecule has 1 rings (SSSR count). The molecule has 0 unspecified atom stereocenters. The van der Waals surface area contributed by atoms with Crippen LogP contribution in [-0.4, -0.2) is 31.5 Å². The molecule has 1 aromatic carbocycles. The summed E-state index contributed by atoms with van der Waals surface area (Å²) in [4.78, 5) is 0. The molecule has 0 atom stereocenters. The van der Waals surface area contributed by atoms with Crippen LogP contribution in [0, 0.1) is 0 Å². The van der Waals surface area contributed by atoms with E-state index in [1.807, 2.05) is 12.1 Å². The maximum absolute atomic E-state index is 8.60. The van der Waals surface area contributed by atoms with Crippen molar-refractivity contribution in [2.75, 3.05) is 26.4 Å². The van der Waals surface area contributed by atoms with E-state index >= 15 is 0 Å². The minimum atomic E-state index is 0.0635. The number of aliphatic hydroxyl groups excluding tert-OH is 1. The Labute approximate surface area is 116 Å². The van der Waals surface area contributed by atoms with E-state index < -0.39 is 0 Å². The summed E-state index contributed by atoms with van der Waals surface area (Å²) in [7, 11) is 0. The molecule has 19 heavy (non-hydrogen) atoms. The molecular formula is C16H26O3. The van der Waals surface area contributed by atoms with Gasteiger partial charge in [-0.1, -0.05) is 44.4 Å². The zero-order valence-electron chi connectivity index (χ0n) is 11.9. The molecule has 0 bridgehead atoms. The van der Waals surface area contributed by atoms with Crippen LogP contribution >= 0.6 is 0 Å². The molecule has 0 radical (unpaired) electrons. The van der Waals surface area contributed by atoms with Crippen molar-refractivity contribution in [2.24, 2.45) is 0 Å². The molecule has 0 aromatic heterocycles. The van der Waals surface area contributed by atoms with E-state index in [1.165, 1.54) is 31.2 Å². The van der Waals surface area contributed by atoms with Gasteiger partial charge in [0.2, 0.25) is 0 Å². The standard InChI is InChI=1S/C16H26O3/c1-2-3-4-5-8-15-9-6-7-10-16(15)19-14-13-18-12-11-17/h6-7,9-10,17H,2-5,8,11-14H2,1H3. The predicted molar refractivity (Wildman–Crippen MR) is 77.7 cm³/mol. The van der Waals surface area contributed by atoms with E-state index in [4.69, 9.17) is 14.6 Å². The Balaban J connectivity index is 2.31. The Morgan fingerprint density at radius 1 is 1.00 bits per heavy atom. The van der Waals surface area contributed by atoms with E-state index in [0.29, 0.717) is 19.8 Å². The van der Waals surface area contributed by atoms with Gasteiger partial charge in [-0.25, -0.2) is 0 Å². The molecule has 0 saturated carbocycles. The fourth-order valence-electron chi connectivity index (χ4n) is 1.97. The molecule has 108 valence electrons. The molecule has 1 N–H and O–H groups in total. The number of aryl methyl sites for hydroxylation is 1. The van der Waals surface area contributed by atoms with Gasteiger partial charge in [0.25, 0.3) is 0 Å². The van der Waals surface area contributed by atoms with Gasteiger partial charge < -0.3 is 14.6 Å². The van der Waals surface area contributed by atoms with Crippen LogP contribution in [0.1, 0.15) is 38.2 Å². The second-order valence-corrected chi connectivity index (χ2v) is 4.60. The summed E-state index contributed by atoms with van der Waals surface area (Å²) >= 11 is 0. The molecule has 0 spiro atoms. The van der Waals surface area contributed by atoms with Crippen molar-refractivity contribution in [1.82, 2.24) is 0 Å². The van der Waals surface area contributed by atoms with Gasteiger partial charge in [0.05, 0.1) is 19.8 Å². The molecule has 0 heterocycles. The topological polar surface area (TPSA) is 38.7 Å². The van der Waals surface area contributed by atoms with Crippen LogP contribution in [-0.2, 0) is 11.2 Å². The lowest BCUT2D eigenvalue weighted by molar-refractivity contribution is 0.0703. The highest BCUT2D eigenvalue weighted by Gasteiger charge is 2.02. The summed E-state index contributed by atoms with van der Waals surface area (Å²) in [6, 6.07) is 8.21. The first-order valence-electron chi connectivity index (χ1n) is 7.27. The lowest BCUT2D eigenvalue weighted by Crippen LogP contribution is -2.10. The summed E-state index contributed by atoms with van der Waals surface area (Å²) in [5.41, 5.74) is 1.28. The van der Waals surface area contributed by atoms with Crippen molar-refractivity contribution in [1.29, 1.82) is 0 Å². The van der Waals surface area contributed by atoms with Gasteiger partial charge in [-0.15, -0.1) is 0 Å². The maximum Gasteiger partial charge on any atom is 0.122 e. The van der Waals surface area contributed by atoms with Gasteiger partial charge in [-0.05, 0) is 24.5 Å². The summed E-state index contributed by atoms with van der Waals surface area (Å²) in [5.74, 6) is 0.964. The van der Waals surface area contributed by atoms with Crippen LogP contribution < -0.4 is 4.74 Å². The monoisotopic (exact) mass is 266 g/mol. The van der Waals surface area contributed by atoms with Crippen LogP contribution in [0.15, 0.2) is 24.3 Å². The van der Waals surface area contributed by atoms with E-state index in [2.05, 4.69) is 19.1 Å². The number of para-hydroxylation sites is 1. The Morgan fingerprint density at radius 3 is 2.63 bits per heavy atom. The SMILES string of the molecule is CCCCCCc1ccccc1OCCOCCO. The highest BCUT2D eigenvalue weighted by atomic mass is 16.5. The molecule has 3 heteroatoms. The zero-order valence-corrected chi connectivity index (χ0v) is 11.9. The molecular weight excluding hydrogens is 240 g/mol. The van der Waals surface area contributed by atoms with Crippen LogP contribution in [0.2, 0.25) is 0 Å². The van der Waals surface area contributed by atoms with E-state index in [1.54, 1.807) is 0 Å². The van der Waals surface area contributed by atoms with Gasteiger partial charge in [0, 0.05) is 0 Å². The van der Waals surface area contributed by atoms with Crippen molar-refractivity contribution in [3.63, 3.8) is 0 Å². The van der Waals surface area contributed by atoms with Crippen LogP contribution in [0.4, 0.5) is 0 Å². The third-order valence-corrected chi connectivity index (χ3v) is 2.99. The second kappa shape index (κ2) is 10.8. The van der Waals surface area contributed by atoms with Crippen LogP contribution in [0.5, 0.6) is 5.75 Å². The number of ether oxygens (including phenoxy) is 2. The van der Waals surface area contributed by atoms with Crippen molar-refractivity contribution in [2.45, 2.75) is 39.0 Å². The highest BCUT2D eigenvalue weighted by molar-refractivity contribution is 5.33. The van der Waals surface area contributed by atoms with Crippen LogP contribution in [0.25, 0.3) is 0 Å². The van der Waals surface area contributed by atoms with Gasteiger partial charge >= 0.3 is 0 Å². The van der Waals surface area contributed by atoms with Crippen molar-refractivity contribution >= 4 is 0 Å². The minimum Gasteiger partial charge on any atom is -0.491 e. The maximum atomic E-state index is 8.60. The summed E-state index contributed by atoms with van der Waals surface area (Å²) in [6.45, 7) is 3.72. The fraction of sp³-hybridized carbons (Fsp3) is 0.625. The third-order valence-electron chi connectivity index (χ3n) is 2.99. The van der Waals surface area contributed by atoms with Crippen molar-refractivity contribution in [3.05, 3.63) is 29.8 Å². The lowest BCUT2D eigenvalue weighted by Gasteiger charge is -2.11. The third kappa shape index (κ3) is 7.19. The first-order valence-corrected chi connectivity index (χ1v) is 7.27. The summed E-state index contributed by atoms with van der Waals surface area (Å²) < 4.78 is 10.9.